The Balaban J connectivity index is 1.89. The average Bonchev–Trinajstić information content (AvgIpc) is 2.47. The smallest absolute Gasteiger partial charge is 0.260 e. The molecule has 1 aromatic heterocycles. The number of carbonyl (C=O) groups is 1. The van der Waals surface area contributed by atoms with E-state index in [0.29, 0.717) is 6.54 Å². The summed E-state index contributed by atoms with van der Waals surface area (Å²) >= 11 is 0. The Morgan fingerprint density at radius 3 is 2.76 bits per heavy atom. The van der Waals surface area contributed by atoms with Crippen LogP contribution in [0.1, 0.15) is 16.7 Å². The standard InChI is InChI=1S/C17H20N2O2/c1-13-6-7-16(14(2)9-13)21-12-17(20)19(3)11-15-5-4-8-18-10-15/h4-10H,11-12H2,1-3H3. The van der Waals surface area contributed by atoms with Crippen LogP contribution in [0, 0.1) is 13.8 Å². The van der Waals surface area contributed by atoms with Gasteiger partial charge in [-0.2, -0.15) is 0 Å². The minimum Gasteiger partial charge on any atom is -0.484 e. The first-order valence-electron chi connectivity index (χ1n) is 6.89. The summed E-state index contributed by atoms with van der Waals surface area (Å²) in [6, 6.07) is 9.73. The molecule has 0 aliphatic carbocycles. The van der Waals surface area contributed by atoms with Crippen molar-refractivity contribution in [3.63, 3.8) is 0 Å². The summed E-state index contributed by atoms with van der Waals surface area (Å²) in [7, 11) is 1.76. The molecular weight excluding hydrogens is 264 g/mol. The number of ether oxygens (including phenoxy) is 1. The van der Waals surface area contributed by atoms with E-state index in [2.05, 4.69) is 4.98 Å². The number of aromatic nitrogens is 1. The molecule has 0 saturated carbocycles. The van der Waals surface area contributed by atoms with E-state index < -0.39 is 0 Å². The van der Waals surface area contributed by atoms with Gasteiger partial charge in [0.15, 0.2) is 6.61 Å². The van der Waals surface area contributed by atoms with Crippen molar-refractivity contribution in [1.29, 1.82) is 0 Å². The molecule has 0 radical (unpaired) electrons. The fourth-order valence-electron chi connectivity index (χ4n) is 2.06. The first-order valence-corrected chi connectivity index (χ1v) is 6.89. The Labute approximate surface area is 125 Å². The van der Waals surface area contributed by atoms with Crippen LogP contribution in [0.2, 0.25) is 0 Å². The topological polar surface area (TPSA) is 42.4 Å². The molecule has 0 saturated heterocycles. The van der Waals surface area contributed by atoms with Crippen molar-refractivity contribution >= 4 is 5.91 Å². The van der Waals surface area contributed by atoms with E-state index in [1.54, 1.807) is 24.3 Å². The minimum absolute atomic E-state index is 0.0423. The van der Waals surface area contributed by atoms with E-state index in [4.69, 9.17) is 4.74 Å². The summed E-state index contributed by atoms with van der Waals surface area (Å²) in [5, 5.41) is 0. The molecule has 21 heavy (non-hydrogen) atoms. The average molecular weight is 284 g/mol. The third kappa shape index (κ3) is 4.31. The highest BCUT2D eigenvalue weighted by Crippen LogP contribution is 2.18. The number of hydrogen-bond donors (Lipinski definition) is 0. The zero-order chi connectivity index (χ0) is 15.2. The quantitative estimate of drug-likeness (QED) is 0.848. The van der Waals surface area contributed by atoms with Gasteiger partial charge in [0, 0.05) is 26.0 Å². The molecule has 0 fully saturated rings. The van der Waals surface area contributed by atoms with E-state index in [-0.39, 0.29) is 12.5 Å². The Kier molecular flexibility index (Phi) is 4.93. The van der Waals surface area contributed by atoms with Gasteiger partial charge in [0.1, 0.15) is 5.75 Å². The number of nitrogens with zero attached hydrogens (tertiary/aromatic N) is 2. The summed E-state index contributed by atoms with van der Waals surface area (Å²) in [4.78, 5) is 17.8. The van der Waals surface area contributed by atoms with Crippen molar-refractivity contribution in [1.82, 2.24) is 9.88 Å². The van der Waals surface area contributed by atoms with E-state index in [9.17, 15) is 4.79 Å². The van der Waals surface area contributed by atoms with Crippen molar-refractivity contribution in [3.05, 3.63) is 59.4 Å². The zero-order valence-corrected chi connectivity index (χ0v) is 12.7. The molecule has 4 heteroatoms. The molecule has 0 unspecified atom stereocenters. The summed E-state index contributed by atoms with van der Waals surface area (Å²) < 4.78 is 5.61. The third-order valence-electron chi connectivity index (χ3n) is 3.25. The van der Waals surface area contributed by atoms with Gasteiger partial charge < -0.3 is 9.64 Å². The number of aryl methyl sites for hydroxylation is 2. The van der Waals surface area contributed by atoms with E-state index in [1.165, 1.54) is 5.56 Å². The van der Waals surface area contributed by atoms with Crippen LogP contribution in [0.15, 0.2) is 42.7 Å². The van der Waals surface area contributed by atoms with Crippen LogP contribution >= 0.6 is 0 Å². The van der Waals surface area contributed by atoms with Crippen LogP contribution in [0.4, 0.5) is 0 Å². The molecule has 0 aliphatic heterocycles. The van der Waals surface area contributed by atoms with Crippen LogP contribution in [0.3, 0.4) is 0 Å². The van der Waals surface area contributed by atoms with Crippen molar-refractivity contribution in [3.8, 4) is 5.75 Å². The van der Waals surface area contributed by atoms with Gasteiger partial charge in [-0.05, 0) is 37.1 Å². The SMILES string of the molecule is Cc1ccc(OCC(=O)N(C)Cc2cccnc2)c(C)c1. The first-order chi connectivity index (χ1) is 10.1. The Bertz CT molecular complexity index is 611. The van der Waals surface area contributed by atoms with Crippen molar-refractivity contribution in [2.45, 2.75) is 20.4 Å². The molecule has 0 bridgehead atoms. The summed E-state index contributed by atoms with van der Waals surface area (Å²) in [5.41, 5.74) is 3.22. The van der Waals surface area contributed by atoms with Crippen molar-refractivity contribution < 1.29 is 9.53 Å². The molecule has 1 aromatic carbocycles. The fourth-order valence-corrected chi connectivity index (χ4v) is 2.06. The highest BCUT2D eigenvalue weighted by Gasteiger charge is 2.11. The van der Waals surface area contributed by atoms with Crippen LogP contribution in [0.25, 0.3) is 0 Å². The lowest BCUT2D eigenvalue weighted by Gasteiger charge is -2.18. The molecule has 4 nitrogen and oxygen atoms in total. The van der Waals surface area contributed by atoms with Crippen LogP contribution in [-0.4, -0.2) is 29.4 Å². The van der Waals surface area contributed by atoms with Gasteiger partial charge in [-0.15, -0.1) is 0 Å². The van der Waals surface area contributed by atoms with E-state index in [0.717, 1.165) is 16.9 Å². The van der Waals surface area contributed by atoms with Gasteiger partial charge in [-0.3, -0.25) is 9.78 Å². The molecule has 1 heterocycles. The molecule has 2 rings (SSSR count). The van der Waals surface area contributed by atoms with Gasteiger partial charge >= 0.3 is 0 Å². The third-order valence-corrected chi connectivity index (χ3v) is 3.25. The second-order valence-corrected chi connectivity index (χ2v) is 5.17. The summed E-state index contributed by atoms with van der Waals surface area (Å²) in [5.74, 6) is 0.697. The molecule has 110 valence electrons. The number of carbonyl (C=O) groups excluding carboxylic acids is 1. The Hall–Kier alpha value is -2.36. The molecule has 0 atom stereocenters. The van der Waals surface area contributed by atoms with Gasteiger partial charge in [0.25, 0.3) is 5.91 Å². The Morgan fingerprint density at radius 2 is 2.10 bits per heavy atom. The second kappa shape index (κ2) is 6.88. The van der Waals surface area contributed by atoms with E-state index >= 15 is 0 Å². The highest BCUT2D eigenvalue weighted by atomic mass is 16.5. The first kappa shape index (κ1) is 15.0. The van der Waals surface area contributed by atoms with Crippen LogP contribution in [0.5, 0.6) is 5.75 Å². The molecule has 1 amide bonds. The number of hydrogen-bond acceptors (Lipinski definition) is 3. The highest BCUT2D eigenvalue weighted by molar-refractivity contribution is 5.77. The fraction of sp³-hybridized carbons (Fsp3) is 0.294. The predicted molar refractivity (Wildman–Crippen MR) is 82.1 cm³/mol. The number of pyridine rings is 1. The molecule has 0 spiro atoms. The number of amides is 1. The summed E-state index contributed by atoms with van der Waals surface area (Å²) in [6.45, 7) is 4.58. The largest absolute Gasteiger partial charge is 0.484 e. The van der Waals surface area contributed by atoms with Gasteiger partial charge in [-0.1, -0.05) is 23.8 Å². The molecular formula is C17H20N2O2. The normalized spacial score (nSPS) is 10.2. The zero-order valence-electron chi connectivity index (χ0n) is 12.7. The maximum atomic E-state index is 12.1. The molecule has 0 aliphatic rings. The molecule has 2 aromatic rings. The number of benzene rings is 1. The van der Waals surface area contributed by atoms with Gasteiger partial charge in [0.2, 0.25) is 0 Å². The lowest BCUT2D eigenvalue weighted by atomic mass is 10.1. The van der Waals surface area contributed by atoms with Gasteiger partial charge in [-0.25, -0.2) is 0 Å². The Morgan fingerprint density at radius 1 is 1.29 bits per heavy atom. The maximum Gasteiger partial charge on any atom is 0.260 e. The predicted octanol–water partition coefficient (Wildman–Crippen LogP) is 2.74. The minimum atomic E-state index is -0.0566. The van der Waals surface area contributed by atoms with Crippen molar-refractivity contribution in [2.75, 3.05) is 13.7 Å². The van der Waals surface area contributed by atoms with Crippen molar-refractivity contribution in [2.24, 2.45) is 0 Å². The maximum absolute atomic E-state index is 12.1. The van der Waals surface area contributed by atoms with Crippen LogP contribution < -0.4 is 4.74 Å². The lowest BCUT2D eigenvalue weighted by Crippen LogP contribution is -2.31. The lowest BCUT2D eigenvalue weighted by molar-refractivity contribution is -0.132. The molecule has 0 N–H and O–H groups in total. The number of rotatable bonds is 5. The summed E-state index contributed by atoms with van der Waals surface area (Å²) in [6.07, 6.45) is 3.48. The number of likely N-dealkylation sites (N-methyl/N-ethyl adjacent to an activating group) is 1. The van der Waals surface area contributed by atoms with E-state index in [1.807, 2.05) is 44.2 Å². The van der Waals surface area contributed by atoms with Crippen LogP contribution in [-0.2, 0) is 11.3 Å². The van der Waals surface area contributed by atoms with Gasteiger partial charge in [0.05, 0.1) is 0 Å². The monoisotopic (exact) mass is 284 g/mol. The second-order valence-electron chi connectivity index (χ2n) is 5.17.